The van der Waals surface area contributed by atoms with Crippen molar-refractivity contribution in [3.63, 3.8) is 0 Å². The second-order valence-corrected chi connectivity index (χ2v) is 8.60. The zero-order valence-electron chi connectivity index (χ0n) is 17.8. The first kappa shape index (κ1) is 19.9. The molecular formula is C25H22FN5O2. The summed E-state index contributed by atoms with van der Waals surface area (Å²) in [6.07, 6.45) is 5.21. The molecule has 0 spiro atoms. The van der Waals surface area contributed by atoms with Crippen molar-refractivity contribution in [3.05, 3.63) is 66.2 Å². The molecule has 166 valence electrons. The van der Waals surface area contributed by atoms with Gasteiger partial charge in [-0.25, -0.2) is 14.4 Å². The molecule has 1 unspecified atom stereocenters. The van der Waals surface area contributed by atoms with E-state index in [9.17, 15) is 14.3 Å². The van der Waals surface area contributed by atoms with E-state index in [1.807, 2.05) is 28.8 Å². The summed E-state index contributed by atoms with van der Waals surface area (Å²) >= 11 is 0. The smallest absolute Gasteiger partial charge is 0.228 e. The van der Waals surface area contributed by atoms with Gasteiger partial charge in [0.25, 0.3) is 0 Å². The molecule has 4 aromatic rings. The number of nitrogens with zero attached hydrogens (tertiary/aromatic N) is 4. The Labute approximate surface area is 189 Å². The summed E-state index contributed by atoms with van der Waals surface area (Å²) in [6.45, 7) is 1.30. The quantitative estimate of drug-likeness (QED) is 0.505. The van der Waals surface area contributed by atoms with Crippen molar-refractivity contribution in [2.75, 3.05) is 23.3 Å². The van der Waals surface area contributed by atoms with E-state index < -0.39 is 6.10 Å². The highest BCUT2D eigenvalue weighted by molar-refractivity contribution is 6.00. The van der Waals surface area contributed by atoms with Crippen LogP contribution in [0.3, 0.4) is 0 Å². The standard InChI is InChI=1S/C25H22FN5O2/c26-18-6-3-15(4-7-18)22-23(16-5-8-20-17(12-16)13-21(33)28-20)31-11-9-27-24(25(31)29-22)30-10-1-2-19(32)14-30/h3-9,11-12,19,32H,1-2,10,13-14H2,(H,28,33). The average Bonchev–Trinajstić information content (AvgIpc) is 3.38. The lowest BCUT2D eigenvalue weighted by atomic mass is 10.0. The minimum Gasteiger partial charge on any atom is -0.391 e. The van der Waals surface area contributed by atoms with E-state index in [4.69, 9.17) is 4.98 Å². The Bertz CT molecular complexity index is 1380. The van der Waals surface area contributed by atoms with Crippen LogP contribution in [0, 0.1) is 5.82 Å². The number of nitrogens with one attached hydrogen (secondary N) is 1. The number of hydrogen-bond acceptors (Lipinski definition) is 5. The molecule has 1 saturated heterocycles. The second-order valence-electron chi connectivity index (χ2n) is 8.60. The van der Waals surface area contributed by atoms with E-state index in [0.29, 0.717) is 30.1 Å². The van der Waals surface area contributed by atoms with Gasteiger partial charge in [-0.05, 0) is 54.8 Å². The average molecular weight is 443 g/mol. The third kappa shape index (κ3) is 3.43. The van der Waals surface area contributed by atoms with E-state index in [2.05, 4.69) is 15.2 Å². The summed E-state index contributed by atoms with van der Waals surface area (Å²) < 4.78 is 15.6. The number of β-amino-alcohol motifs (C(OH)–C–C–N with tert-alkyl or cyclic N) is 1. The summed E-state index contributed by atoms with van der Waals surface area (Å²) in [7, 11) is 0. The monoisotopic (exact) mass is 443 g/mol. The molecule has 2 aliphatic heterocycles. The number of hydrogen-bond donors (Lipinski definition) is 2. The van der Waals surface area contributed by atoms with Crippen LogP contribution in [0.25, 0.3) is 28.2 Å². The molecule has 0 radical (unpaired) electrons. The summed E-state index contributed by atoms with van der Waals surface area (Å²) in [4.78, 5) is 23.5. The first-order valence-electron chi connectivity index (χ1n) is 11.1. The first-order chi connectivity index (χ1) is 16.1. The summed E-state index contributed by atoms with van der Waals surface area (Å²) in [5, 5.41) is 13.1. The van der Waals surface area contributed by atoms with Gasteiger partial charge in [0.05, 0.1) is 23.9 Å². The van der Waals surface area contributed by atoms with Gasteiger partial charge in [-0.1, -0.05) is 6.07 Å². The number of piperidine rings is 1. The number of carbonyl (C=O) groups is 1. The zero-order chi connectivity index (χ0) is 22.5. The Morgan fingerprint density at radius 1 is 1.12 bits per heavy atom. The lowest BCUT2D eigenvalue weighted by molar-refractivity contribution is -0.115. The summed E-state index contributed by atoms with van der Waals surface area (Å²) in [6, 6.07) is 12.2. The molecule has 0 saturated carbocycles. The van der Waals surface area contributed by atoms with Crippen molar-refractivity contribution in [2.24, 2.45) is 0 Å². The molecule has 33 heavy (non-hydrogen) atoms. The SMILES string of the molecule is O=C1Cc2cc(-c3c(-c4ccc(F)cc4)nc4c(N5CCCC(O)C5)nccn34)ccc2N1. The number of rotatable bonds is 3. The molecule has 1 fully saturated rings. The van der Waals surface area contributed by atoms with E-state index >= 15 is 0 Å². The molecule has 0 bridgehead atoms. The fraction of sp³-hybridized carbons (Fsp3) is 0.240. The van der Waals surface area contributed by atoms with Gasteiger partial charge in [0.2, 0.25) is 5.91 Å². The molecule has 4 heterocycles. The Morgan fingerprint density at radius 2 is 1.94 bits per heavy atom. The lowest BCUT2D eigenvalue weighted by Crippen LogP contribution is -2.39. The fourth-order valence-corrected chi connectivity index (χ4v) is 4.80. The minimum atomic E-state index is -0.395. The third-order valence-corrected chi connectivity index (χ3v) is 6.34. The molecule has 1 atom stereocenters. The molecule has 6 rings (SSSR count). The third-order valence-electron chi connectivity index (χ3n) is 6.34. The zero-order valence-corrected chi connectivity index (χ0v) is 17.8. The van der Waals surface area contributed by atoms with E-state index in [1.165, 1.54) is 12.1 Å². The number of aliphatic hydroxyl groups is 1. The van der Waals surface area contributed by atoms with Crippen molar-refractivity contribution in [1.82, 2.24) is 14.4 Å². The number of imidazole rings is 1. The topological polar surface area (TPSA) is 82.8 Å². The van der Waals surface area contributed by atoms with Gasteiger partial charge >= 0.3 is 0 Å². The van der Waals surface area contributed by atoms with E-state index in [0.717, 1.165) is 47.5 Å². The molecule has 0 aliphatic carbocycles. The van der Waals surface area contributed by atoms with Crippen molar-refractivity contribution in [2.45, 2.75) is 25.4 Å². The van der Waals surface area contributed by atoms with Gasteiger partial charge in [-0.2, -0.15) is 0 Å². The van der Waals surface area contributed by atoms with Crippen LogP contribution in [0.15, 0.2) is 54.9 Å². The van der Waals surface area contributed by atoms with Crippen LogP contribution < -0.4 is 10.2 Å². The molecule has 8 heteroatoms. The molecule has 2 aromatic heterocycles. The molecule has 2 N–H and O–H groups in total. The number of fused-ring (bicyclic) bond motifs is 2. The number of halogens is 1. The highest BCUT2D eigenvalue weighted by Crippen LogP contribution is 2.37. The predicted molar refractivity (Wildman–Crippen MR) is 124 cm³/mol. The van der Waals surface area contributed by atoms with Crippen LogP contribution >= 0.6 is 0 Å². The number of carbonyl (C=O) groups excluding carboxylic acids is 1. The van der Waals surface area contributed by atoms with Crippen LogP contribution in [-0.4, -0.2) is 44.6 Å². The Hall–Kier alpha value is -3.78. The van der Waals surface area contributed by atoms with Crippen LogP contribution in [0.4, 0.5) is 15.9 Å². The number of benzene rings is 2. The van der Waals surface area contributed by atoms with Crippen LogP contribution in [0.2, 0.25) is 0 Å². The maximum atomic E-state index is 13.7. The van der Waals surface area contributed by atoms with Crippen LogP contribution in [-0.2, 0) is 11.2 Å². The van der Waals surface area contributed by atoms with Gasteiger partial charge < -0.3 is 15.3 Å². The normalized spacial score (nSPS) is 17.9. The van der Waals surface area contributed by atoms with Gasteiger partial charge in [0, 0.05) is 42.3 Å². The van der Waals surface area contributed by atoms with Gasteiger partial charge in [0.1, 0.15) is 5.82 Å². The molecule has 2 aromatic carbocycles. The highest BCUT2D eigenvalue weighted by Gasteiger charge is 2.26. The van der Waals surface area contributed by atoms with Crippen molar-refractivity contribution in [1.29, 1.82) is 0 Å². The first-order valence-corrected chi connectivity index (χ1v) is 11.1. The Morgan fingerprint density at radius 3 is 2.76 bits per heavy atom. The van der Waals surface area contributed by atoms with Crippen molar-refractivity contribution >= 4 is 23.1 Å². The van der Waals surface area contributed by atoms with Gasteiger partial charge in [-0.15, -0.1) is 0 Å². The fourth-order valence-electron chi connectivity index (χ4n) is 4.80. The maximum Gasteiger partial charge on any atom is 0.228 e. The molecule has 1 amide bonds. The van der Waals surface area contributed by atoms with Crippen molar-refractivity contribution < 1.29 is 14.3 Å². The number of aliphatic hydroxyl groups excluding tert-OH is 1. The Balaban J connectivity index is 1.57. The van der Waals surface area contributed by atoms with E-state index in [-0.39, 0.29) is 11.7 Å². The minimum absolute atomic E-state index is 0.0193. The molecule has 2 aliphatic rings. The highest BCUT2D eigenvalue weighted by atomic mass is 19.1. The van der Waals surface area contributed by atoms with E-state index in [1.54, 1.807) is 18.3 Å². The number of anilines is 2. The van der Waals surface area contributed by atoms with Gasteiger partial charge in [0.15, 0.2) is 11.5 Å². The predicted octanol–water partition coefficient (Wildman–Crippen LogP) is 3.66. The van der Waals surface area contributed by atoms with Crippen LogP contribution in [0.5, 0.6) is 0 Å². The lowest BCUT2D eigenvalue weighted by Gasteiger charge is -2.30. The maximum absolute atomic E-state index is 13.7. The van der Waals surface area contributed by atoms with Crippen LogP contribution in [0.1, 0.15) is 18.4 Å². The van der Waals surface area contributed by atoms with Gasteiger partial charge in [-0.3, -0.25) is 9.20 Å². The number of aromatic nitrogens is 3. The Kier molecular flexibility index (Phi) is 4.62. The molecular weight excluding hydrogens is 421 g/mol. The number of amides is 1. The second kappa shape index (κ2) is 7.67. The summed E-state index contributed by atoms with van der Waals surface area (Å²) in [5.74, 6) is 0.383. The largest absolute Gasteiger partial charge is 0.391 e. The van der Waals surface area contributed by atoms with Crippen molar-refractivity contribution in [3.8, 4) is 22.5 Å². The summed E-state index contributed by atoms with van der Waals surface area (Å²) in [5.41, 5.74) is 5.69. The molecule has 7 nitrogen and oxygen atoms in total.